The Kier molecular flexibility index (Phi) is 20.7. The minimum absolute atomic E-state index is 0.0571. The molecular weight excluding hydrogens is 760 g/mol. The summed E-state index contributed by atoms with van der Waals surface area (Å²) in [5, 5.41) is 33.5. The first kappa shape index (κ1) is 48.9. The van der Waals surface area contributed by atoms with E-state index in [-0.39, 0.29) is 69.7 Å². The van der Waals surface area contributed by atoms with Gasteiger partial charge >= 0.3 is 23.9 Å². The Morgan fingerprint density at radius 2 is 1.69 bits per heavy atom. The van der Waals surface area contributed by atoms with Crippen LogP contribution in [0.3, 0.4) is 0 Å². The molecule has 0 saturated carbocycles. The SMILES string of the molecule is CCCCCCCC(=O)O[C@H]1/C(=C/C(=O)OC)CC2C[C@H](CO)OC(=O)C[C@H](O)CCOCC[C@@H]3C[C@H](CC(=O)OC/C=C/C(C)=O)O[C@H](/C=C/C(C)(C)[C@]1(O)O2)O3. The highest BCUT2D eigenvalue weighted by Gasteiger charge is 2.57. The fourth-order valence-electron chi connectivity index (χ4n) is 6.94. The number of methoxy groups -OCH3 is 1. The van der Waals surface area contributed by atoms with Crippen LogP contribution in [-0.2, 0) is 61.9 Å². The fourth-order valence-corrected chi connectivity index (χ4v) is 6.94. The predicted octanol–water partition coefficient (Wildman–Crippen LogP) is 3.85. The van der Waals surface area contributed by atoms with Gasteiger partial charge < -0.3 is 53.2 Å². The number of fused-ring (bicyclic) bond motifs is 4. The van der Waals surface area contributed by atoms with Crippen molar-refractivity contribution in [1.29, 1.82) is 0 Å². The highest BCUT2D eigenvalue weighted by Crippen LogP contribution is 2.47. The van der Waals surface area contributed by atoms with Crippen LogP contribution in [0.5, 0.6) is 0 Å². The first-order valence-electron chi connectivity index (χ1n) is 20.4. The molecule has 3 N–H and O–H groups in total. The molecule has 2 saturated heterocycles. The fraction of sp³-hybridized carbons (Fsp3) is 0.738. The topological polar surface area (TPSA) is 220 Å². The molecule has 0 aromatic heterocycles. The van der Waals surface area contributed by atoms with Crippen LogP contribution in [0.4, 0.5) is 0 Å². The number of esters is 4. The molecule has 8 atom stereocenters. The maximum absolute atomic E-state index is 13.4. The van der Waals surface area contributed by atoms with Crippen LogP contribution in [0.15, 0.2) is 36.0 Å². The Hall–Kier alpha value is -3.51. The average molecular weight is 825 g/mol. The second-order valence-corrected chi connectivity index (χ2v) is 15.6. The first-order chi connectivity index (χ1) is 27.6. The predicted molar refractivity (Wildman–Crippen MR) is 207 cm³/mol. The Morgan fingerprint density at radius 1 is 0.966 bits per heavy atom. The lowest BCUT2D eigenvalue weighted by Crippen LogP contribution is -2.62. The number of ether oxygens (including phenoxy) is 8. The van der Waals surface area contributed by atoms with Gasteiger partial charge in [0, 0.05) is 44.0 Å². The van der Waals surface area contributed by atoms with E-state index in [1.165, 1.54) is 26.2 Å². The number of cyclic esters (lactones) is 1. The third kappa shape index (κ3) is 16.3. The van der Waals surface area contributed by atoms with Crippen LogP contribution in [-0.4, -0.2) is 127 Å². The van der Waals surface area contributed by atoms with Gasteiger partial charge in [-0.3, -0.25) is 19.2 Å². The summed E-state index contributed by atoms with van der Waals surface area (Å²) in [6, 6.07) is 0. The number of carbonyl (C=O) groups is 5. The maximum Gasteiger partial charge on any atom is 0.330 e. The molecule has 0 aliphatic carbocycles. The molecule has 0 spiro atoms. The minimum Gasteiger partial charge on any atom is -0.466 e. The van der Waals surface area contributed by atoms with E-state index in [1.54, 1.807) is 26.0 Å². The molecule has 16 heteroatoms. The van der Waals surface area contributed by atoms with Gasteiger partial charge in [-0.2, -0.15) is 0 Å². The number of aliphatic hydroxyl groups excluding tert-OH is 2. The Morgan fingerprint density at radius 3 is 2.40 bits per heavy atom. The van der Waals surface area contributed by atoms with Gasteiger partial charge in [0.2, 0.25) is 5.79 Å². The van der Waals surface area contributed by atoms with Crippen molar-refractivity contribution < 1.29 is 77.2 Å². The molecule has 3 aliphatic rings. The molecule has 1 unspecified atom stereocenters. The lowest BCUT2D eigenvalue weighted by atomic mass is 9.74. The van der Waals surface area contributed by atoms with Gasteiger partial charge in [-0.15, -0.1) is 0 Å². The molecule has 0 aromatic carbocycles. The van der Waals surface area contributed by atoms with E-state index in [0.717, 1.165) is 31.8 Å². The Labute approximate surface area is 341 Å². The molecule has 16 nitrogen and oxygen atoms in total. The lowest BCUT2D eigenvalue weighted by Gasteiger charge is -2.51. The molecule has 3 rings (SSSR count). The number of unbranched alkanes of at least 4 members (excludes halogenated alkanes) is 4. The molecule has 2 fully saturated rings. The Balaban J connectivity index is 2.02. The van der Waals surface area contributed by atoms with Crippen molar-refractivity contribution in [2.24, 2.45) is 5.41 Å². The van der Waals surface area contributed by atoms with Crippen LogP contribution >= 0.6 is 0 Å². The van der Waals surface area contributed by atoms with Gasteiger partial charge in [-0.05, 0) is 56.4 Å². The summed E-state index contributed by atoms with van der Waals surface area (Å²) in [5.41, 5.74) is -1.27. The van der Waals surface area contributed by atoms with E-state index in [2.05, 4.69) is 6.92 Å². The summed E-state index contributed by atoms with van der Waals surface area (Å²) in [6.07, 6.45) is 4.68. The van der Waals surface area contributed by atoms with E-state index in [0.29, 0.717) is 19.3 Å². The first-order valence-corrected chi connectivity index (χ1v) is 20.4. The van der Waals surface area contributed by atoms with E-state index in [4.69, 9.17) is 37.9 Å². The number of rotatable bonds is 14. The van der Waals surface area contributed by atoms with Crippen LogP contribution in [0, 0.1) is 5.41 Å². The van der Waals surface area contributed by atoms with Gasteiger partial charge in [0.25, 0.3) is 0 Å². The number of aliphatic hydroxyl groups is 3. The van der Waals surface area contributed by atoms with Gasteiger partial charge in [-0.25, -0.2) is 4.79 Å². The minimum atomic E-state index is -2.37. The van der Waals surface area contributed by atoms with Crippen molar-refractivity contribution in [3.05, 3.63) is 36.0 Å². The largest absolute Gasteiger partial charge is 0.466 e. The van der Waals surface area contributed by atoms with Gasteiger partial charge in [0.1, 0.15) is 12.7 Å². The second-order valence-electron chi connectivity index (χ2n) is 15.6. The molecule has 0 radical (unpaired) electrons. The molecule has 3 aliphatic heterocycles. The van der Waals surface area contributed by atoms with Crippen molar-refractivity contribution in [3.63, 3.8) is 0 Å². The molecule has 328 valence electrons. The highest BCUT2D eigenvalue weighted by atomic mass is 16.7. The van der Waals surface area contributed by atoms with Gasteiger partial charge in [-0.1, -0.05) is 52.5 Å². The van der Waals surface area contributed by atoms with Crippen molar-refractivity contribution in [2.75, 3.05) is 33.5 Å². The monoisotopic (exact) mass is 824 g/mol. The molecule has 4 bridgehead atoms. The second kappa shape index (κ2) is 24.5. The lowest BCUT2D eigenvalue weighted by molar-refractivity contribution is -0.327. The highest BCUT2D eigenvalue weighted by molar-refractivity contribution is 5.87. The number of hydrogen-bond donors (Lipinski definition) is 3. The molecule has 0 aromatic rings. The third-order valence-electron chi connectivity index (χ3n) is 10.2. The smallest absolute Gasteiger partial charge is 0.330 e. The zero-order valence-corrected chi connectivity index (χ0v) is 34.6. The standard InChI is InChI=1S/C42H64O16/c1-6-7-8-9-10-13-35(46)57-40-29(22-36(47)51-5)21-33-25-34(27-43)54-38(49)23-30(45)15-19-52-20-16-31-24-32(26-37(48)53-18-11-12-28(2)44)56-39(55-31)14-17-41(3,4)42(40,50)58-33/h11-12,14,17,22,30-34,39-40,43,45,50H,6-10,13,15-16,18-21,23-27H2,1-5H3/b12-11+,17-14+,29-22+/t30-,31-,32-,33?,34-,39-,40+,42-/m1/s1. The number of allylic oxidation sites excluding steroid dienone is 1. The van der Waals surface area contributed by atoms with E-state index >= 15 is 0 Å². The Bertz CT molecular complexity index is 1440. The van der Waals surface area contributed by atoms with Crippen molar-refractivity contribution >= 4 is 29.7 Å². The summed E-state index contributed by atoms with van der Waals surface area (Å²) < 4.78 is 46.2. The number of ketones is 1. The summed E-state index contributed by atoms with van der Waals surface area (Å²) >= 11 is 0. The van der Waals surface area contributed by atoms with E-state index in [9.17, 15) is 39.3 Å². The maximum atomic E-state index is 13.4. The van der Waals surface area contributed by atoms with Crippen molar-refractivity contribution in [2.45, 2.75) is 160 Å². The number of carbonyl (C=O) groups excluding carboxylic acids is 5. The normalized spacial score (nSPS) is 31.1. The quantitative estimate of drug-likeness (QED) is 0.0745. The van der Waals surface area contributed by atoms with Crippen LogP contribution in [0.2, 0.25) is 0 Å². The van der Waals surface area contributed by atoms with Crippen LogP contribution < -0.4 is 0 Å². The summed E-state index contributed by atoms with van der Waals surface area (Å²) in [4.78, 5) is 62.9. The average Bonchev–Trinajstić information content (AvgIpc) is 3.16. The summed E-state index contributed by atoms with van der Waals surface area (Å²) in [6.45, 7) is 6.38. The van der Waals surface area contributed by atoms with Gasteiger partial charge in [0.15, 0.2) is 18.2 Å². The van der Waals surface area contributed by atoms with Gasteiger partial charge in [0.05, 0.1) is 51.0 Å². The molecule has 58 heavy (non-hydrogen) atoms. The molecule has 0 amide bonds. The third-order valence-corrected chi connectivity index (χ3v) is 10.2. The summed E-state index contributed by atoms with van der Waals surface area (Å²) in [5.74, 6) is -5.26. The van der Waals surface area contributed by atoms with E-state index < -0.39 is 84.6 Å². The van der Waals surface area contributed by atoms with Crippen molar-refractivity contribution in [1.82, 2.24) is 0 Å². The number of hydrogen-bond acceptors (Lipinski definition) is 16. The molecular formula is C42H64O16. The zero-order valence-electron chi connectivity index (χ0n) is 34.6. The van der Waals surface area contributed by atoms with Crippen LogP contribution in [0.1, 0.15) is 111 Å². The molecule has 3 heterocycles. The summed E-state index contributed by atoms with van der Waals surface area (Å²) in [7, 11) is 1.18. The van der Waals surface area contributed by atoms with E-state index in [1.807, 2.05) is 0 Å². The van der Waals surface area contributed by atoms with Crippen LogP contribution in [0.25, 0.3) is 0 Å². The zero-order chi connectivity index (χ0) is 42.7. The van der Waals surface area contributed by atoms with Crippen molar-refractivity contribution in [3.8, 4) is 0 Å².